The van der Waals surface area contributed by atoms with Gasteiger partial charge in [-0.15, -0.1) is 0 Å². The van der Waals surface area contributed by atoms with Crippen LogP contribution in [0.1, 0.15) is 18.1 Å². The number of fused-ring (bicyclic) bond motifs is 1. The number of pyridine rings is 1. The molecule has 0 radical (unpaired) electrons. The summed E-state index contributed by atoms with van der Waals surface area (Å²) >= 11 is 0. The summed E-state index contributed by atoms with van der Waals surface area (Å²) in [5.74, 6) is 0. The second kappa shape index (κ2) is 12.8. The van der Waals surface area contributed by atoms with Gasteiger partial charge in [0.15, 0.2) is 5.65 Å². The number of aryl methyl sites for hydroxylation is 1. The van der Waals surface area contributed by atoms with E-state index in [0.717, 1.165) is 70.6 Å². The number of hydrogen-bond acceptors (Lipinski definition) is 7. The summed E-state index contributed by atoms with van der Waals surface area (Å²) in [4.78, 5) is 9.62. The number of β-amino-alcohol motifs (C(OH)–C–C–N with tert-alkyl or cyclic N) is 1. The summed E-state index contributed by atoms with van der Waals surface area (Å²) in [5.41, 5.74) is 7.09. The molecule has 0 bridgehead atoms. The smallest absolute Gasteiger partial charge is 0.269 e. The van der Waals surface area contributed by atoms with E-state index in [1.165, 1.54) is 3.97 Å². The van der Waals surface area contributed by atoms with Crippen LogP contribution in [0.4, 0.5) is 5.69 Å². The fourth-order valence-electron chi connectivity index (χ4n) is 6.26. The number of hydrogen-bond donors (Lipinski definition) is 1. The van der Waals surface area contributed by atoms with Gasteiger partial charge in [0.1, 0.15) is 0 Å². The van der Waals surface area contributed by atoms with Crippen LogP contribution >= 0.6 is 0 Å². The van der Waals surface area contributed by atoms with Crippen molar-refractivity contribution in [2.75, 3.05) is 37.6 Å². The van der Waals surface area contributed by atoms with Gasteiger partial charge in [0.2, 0.25) is 0 Å². The molecule has 9 nitrogen and oxygen atoms in total. The van der Waals surface area contributed by atoms with Crippen molar-refractivity contribution in [2.45, 2.75) is 31.4 Å². The first kappa shape index (κ1) is 30.9. The third kappa shape index (κ3) is 6.44. The Kier molecular flexibility index (Phi) is 8.40. The van der Waals surface area contributed by atoms with Crippen LogP contribution in [-0.2, 0) is 16.6 Å². The van der Waals surface area contributed by atoms with Crippen LogP contribution in [0.5, 0.6) is 0 Å². The highest BCUT2D eigenvalue weighted by molar-refractivity contribution is 7.90. The minimum Gasteiger partial charge on any atom is -0.392 e. The predicted octanol–water partition coefficient (Wildman–Crippen LogP) is 5.66. The minimum atomic E-state index is -3.91. The Labute approximate surface area is 275 Å². The average molecular weight is 647 g/mol. The van der Waals surface area contributed by atoms with Crippen molar-refractivity contribution in [2.24, 2.45) is 0 Å². The molecule has 4 heterocycles. The quantitative estimate of drug-likeness (QED) is 0.217. The number of aliphatic hydroxyl groups excluding tert-OH is 1. The molecule has 1 aliphatic heterocycles. The van der Waals surface area contributed by atoms with E-state index in [1.807, 2.05) is 49.0 Å². The first-order valence-corrected chi connectivity index (χ1v) is 17.3. The van der Waals surface area contributed by atoms with E-state index in [-0.39, 0.29) is 11.0 Å². The number of rotatable bonds is 9. The van der Waals surface area contributed by atoms with Gasteiger partial charge < -0.3 is 10.0 Å². The van der Waals surface area contributed by atoms with E-state index >= 15 is 0 Å². The molecule has 6 aromatic rings. The van der Waals surface area contributed by atoms with Gasteiger partial charge in [-0.25, -0.2) is 17.4 Å². The number of aromatic nitrogens is 4. The molecule has 1 saturated heterocycles. The lowest BCUT2D eigenvalue weighted by molar-refractivity contribution is 0.123. The predicted molar refractivity (Wildman–Crippen MR) is 186 cm³/mol. The maximum Gasteiger partial charge on any atom is 0.269 e. The van der Waals surface area contributed by atoms with Crippen LogP contribution in [-0.4, -0.2) is 76.0 Å². The van der Waals surface area contributed by atoms with Crippen molar-refractivity contribution in [1.82, 2.24) is 23.6 Å². The first-order valence-electron chi connectivity index (χ1n) is 15.9. The highest BCUT2D eigenvalue weighted by Gasteiger charge is 2.24. The molecule has 1 unspecified atom stereocenters. The molecule has 0 aliphatic carbocycles. The summed E-state index contributed by atoms with van der Waals surface area (Å²) in [6.45, 7) is 8.71. The van der Waals surface area contributed by atoms with E-state index in [1.54, 1.807) is 42.9 Å². The Morgan fingerprint density at radius 3 is 2.26 bits per heavy atom. The molecule has 1 fully saturated rings. The summed E-state index contributed by atoms with van der Waals surface area (Å²) in [6, 6.07) is 27.5. The number of nitrogens with zero attached hydrogens (tertiary/aromatic N) is 6. The number of benzene rings is 3. The topological polar surface area (TPSA) is 96.5 Å². The molecular weight excluding hydrogens is 609 g/mol. The largest absolute Gasteiger partial charge is 0.392 e. The van der Waals surface area contributed by atoms with Gasteiger partial charge in [0.05, 0.1) is 23.7 Å². The molecule has 1 atom stereocenters. The lowest BCUT2D eigenvalue weighted by atomic mass is 10.0. The second-order valence-electron chi connectivity index (χ2n) is 12.3. The minimum absolute atomic E-state index is 0.208. The maximum absolute atomic E-state index is 13.9. The van der Waals surface area contributed by atoms with Gasteiger partial charge in [0, 0.05) is 79.1 Å². The van der Waals surface area contributed by atoms with E-state index in [9.17, 15) is 13.5 Å². The maximum atomic E-state index is 13.9. The normalized spacial score (nSPS) is 14.9. The lowest BCUT2D eigenvalue weighted by Crippen LogP contribution is -2.48. The standard InChI is InChI=1S/C37H38N6O3S/c1-27-8-14-34(15-9-27)47(45,46)43-26-36(32-22-39-42(25-32)24-29-6-4-3-5-7-29)35-20-31(21-38-37(35)43)30-10-12-33(13-11-30)41-18-16-40(17-19-41)23-28(2)44/h3-15,20-22,25-26,28,44H,16-19,23-24H2,1-2H3. The number of anilines is 1. The summed E-state index contributed by atoms with van der Waals surface area (Å²) < 4.78 is 31.1. The zero-order valence-electron chi connectivity index (χ0n) is 26.6. The Hall–Kier alpha value is -4.77. The van der Waals surface area contributed by atoms with Crippen molar-refractivity contribution in [3.8, 4) is 22.3 Å². The summed E-state index contributed by atoms with van der Waals surface area (Å²) in [5, 5.41) is 15.1. The van der Waals surface area contributed by atoms with Crippen molar-refractivity contribution >= 4 is 26.7 Å². The van der Waals surface area contributed by atoms with E-state index in [4.69, 9.17) is 4.98 Å². The molecular formula is C37H38N6O3S. The molecule has 240 valence electrons. The van der Waals surface area contributed by atoms with E-state index < -0.39 is 10.0 Å². The Bertz CT molecular complexity index is 2100. The van der Waals surface area contributed by atoms with E-state index in [0.29, 0.717) is 18.7 Å². The molecule has 0 saturated carbocycles. The number of aliphatic hydroxyl groups is 1. The molecule has 0 amide bonds. The van der Waals surface area contributed by atoms with Crippen LogP contribution in [0.25, 0.3) is 33.3 Å². The van der Waals surface area contributed by atoms with Crippen LogP contribution in [0, 0.1) is 6.92 Å². The van der Waals surface area contributed by atoms with Gasteiger partial charge in [-0.2, -0.15) is 5.10 Å². The van der Waals surface area contributed by atoms with Gasteiger partial charge >= 0.3 is 0 Å². The molecule has 10 heteroatoms. The molecule has 3 aromatic carbocycles. The lowest BCUT2D eigenvalue weighted by Gasteiger charge is -2.36. The molecule has 3 aromatic heterocycles. The summed E-state index contributed by atoms with van der Waals surface area (Å²) in [7, 11) is -3.91. The van der Waals surface area contributed by atoms with E-state index in [2.05, 4.69) is 51.3 Å². The number of piperazine rings is 1. The average Bonchev–Trinajstić information content (AvgIpc) is 3.70. The fourth-order valence-corrected chi connectivity index (χ4v) is 7.59. The first-order chi connectivity index (χ1) is 22.7. The summed E-state index contributed by atoms with van der Waals surface area (Å²) in [6.07, 6.45) is 6.82. The third-order valence-electron chi connectivity index (χ3n) is 8.78. The highest BCUT2D eigenvalue weighted by Crippen LogP contribution is 2.35. The van der Waals surface area contributed by atoms with Crippen molar-refractivity contribution < 1.29 is 13.5 Å². The Morgan fingerprint density at radius 2 is 1.55 bits per heavy atom. The van der Waals surface area contributed by atoms with Crippen LogP contribution in [0.3, 0.4) is 0 Å². The molecule has 0 spiro atoms. The highest BCUT2D eigenvalue weighted by atomic mass is 32.2. The molecule has 1 N–H and O–H groups in total. The Morgan fingerprint density at radius 1 is 0.830 bits per heavy atom. The van der Waals surface area contributed by atoms with Gasteiger partial charge in [-0.1, -0.05) is 60.2 Å². The zero-order chi connectivity index (χ0) is 32.5. The Balaban J connectivity index is 1.24. The monoisotopic (exact) mass is 646 g/mol. The van der Waals surface area contributed by atoms with Gasteiger partial charge in [0.25, 0.3) is 10.0 Å². The van der Waals surface area contributed by atoms with Crippen LogP contribution < -0.4 is 4.90 Å². The SMILES string of the molecule is Cc1ccc(S(=O)(=O)n2cc(-c3cnn(Cc4ccccc4)c3)c3cc(-c4ccc(N5CCN(CC(C)O)CC5)cc4)cnc32)cc1. The van der Waals surface area contributed by atoms with Crippen LogP contribution in [0.15, 0.2) is 115 Å². The van der Waals surface area contributed by atoms with Crippen molar-refractivity contribution in [1.29, 1.82) is 0 Å². The van der Waals surface area contributed by atoms with Gasteiger partial charge in [-0.3, -0.25) is 9.58 Å². The molecule has 47 heavy (non-hydrogen) atoms. The van der Waals surface area contributed by atoms with Crippen molar-refractivity contribution in [3.05, 3.63) is 121 Å². The second-order valence-corrected chi connectivity index (χ2v) is 14.2. The van der Waals surface area contributed by atoms with Crippen molar-refractivity contribution in [3.63, 3.8) is 0 Å². The van der Waals surface area contributed by atoms with Crippen LogP contribution in [0.2, 0.25) is 0 Å². The molecule has 1 aliphatic rings. The fraction of sp³-hybridized carbons (Fsp3) is 0.243. The third-order valence-corrected chi connectivity index (χ3v) is 10.4. The zero-order valence-corrected chi connectivity index (χ0v) is 27.4. The van der Waals surface area contributed by atoms with Gasteiger partial charge in [-0.05, 0) is 55.3 Å². The molecule has 7 rings (SSSR count).